The number of hydrogen-bond donors (Lipinski definition) is 0. The van der Waals surface area contributed by atoms with Gasteiger partial charge in [-0.2, -0.15) is 0 Å². The van der Waals surface area contributed by atoms with Gasteiger partial charge in [0.15, 0.2) is 12.4 Å². The third kappa shape index (κ3) is 1.76. The fourth-order valence-corrected chi connectivity index (χ4v) is 1.79. The normalized spacial score (nSPS) is 14.6. The number of ketones is 1. The van der Waals surface area contributed by atoms with E-state index < -0.39 is 0 Å². The van der Waals surface area contributed by atoms with Crippen LogP contribution in [0.25, 0.3) is 6.08 Å². The van der Waals surface area contributed by atoms with Crippen LogP contribution in [0.4, 0.5) is 0 Å². The van der Waals surface area contributed by atoms with Gasteiger partial charge in [-0.1, -0.05) is 23.2 Å². The van der Waals surface area contributed by atoms with Crippen LogP contribution >= 0.6 is 23.2 Å². The monoisotopic (exact) mass is 228 g/mol. The molecule has 0 aliphatic carbocycles. The average molecular weight is 229 g/mol. The molecule has 1 aromatic carbocycles. The smallest absolute Gasteiger partial charge is 0.193 e. The Bertz CT molecular complexity index is 424. The molecule has 0 bridgehead atoms. The highest BCUT2D eigenvalue weighted by molar-refractivity contribution is 6.36. The number of carbonyl (C=O) groups is 1. The van der Waals surface area contributed by atoms with Crippen LogP contribution in [-0.4, -0.2) is 12.4 Å². The van der Waals surface area contributed by atoms with Crippen molar-refractivity contribution in [3.63, 3.8) is 0 Å². The molecule has 0 spiro atoms. The molecule has 4 heteroatoms. The van der Waals surface area contributed by atoms with E-state index in [1.54, 1.807) is 18.2 Å². The van der Waals surface area contributed by atoms with Crippen molar-refractivity contribution in [3.8, 4) is 5.75 Å². The highest BCUT2D eigenvalue weighted by Gasteiger charge is 2.13. The standard InChI is InChI=1S/C10H6Cl2O2/c11-7-3-6-1-2-8(13)5-14-10(6)9(12)4-7/h1-4H,5H2. The maximum atomic E-state index is 11.1. The van der Waals surface area contributed by atoms with E-state index in [1.807, 2.05) is 0 Å². The van der Waals surface area contributed by atoms with Crippen molar-refractivity contribution >= 4 is 35.1 Å². The lowest BCUT2D eigenvalue weighted by atomic mass is 10.2. The molecule has 0 unspecified atom stereocenters. The summed E-state index contributed by atoms with van der Waals surface area (Å²) in [5.41, 5.74) is 0.730. The Labute approximate surface area is 91.1 Å². The Morgan fingerprint density at radius 3 is 2.79 bits per heavy atom. The number of ether oxygens (including phenoxy) is 1. The fraction of sp³-hybridized carbons (Fsp3) is 0.100. The molecule has 0 saturated heterocycles. The molecule has 1 heterocycles. The minimum atomic E-state index is -0.0895. The first-order valence-corrected chi connectivity index (χ1v) is 4.75. The van der Waals surface area contributed by atoms with Crippen LogP contribution in [0.15, 0.2) is 18.2 Å². The van der Waals surface area contributed by atoms with Gasteiger partial charge in [0.05, 0.1) is 5.02 Å². The van der Waals surface area contributed by atoms with Gasteiger partial charge in [-0.15, -0.1) is 0 Å². The maximum Gasteiger partial charge on any atom is 0.193 e. The van der Waals surface area contributed by atoms with Crippen molar-refractivity contribution < 1.29 is 9.53 Å². The summed E-state index contributed by atoms with van der Waals surface area (Å²) in [6, 6.07) is 3.30. The molecule has 0 radical (unpaired) electrons. The first-order chi connectivity index (χ1) is 6.66. The van der Waals surface area contributed by atoms with Gasteiger partial charge in [0.1, 0.15) is 5.75 Å². The van der Waals surface area contributed by atoms with E-state index in [1.165, 1.54) is 6.08 Å². The van der Waals surface area contributed by atoms with Crippen LogP contribution in [0.5, 0.6) is 5.75 Å². The van der Waals surface area contributed by atoms with Crippen molar-refractivity contribution in [2.24, 2.45) is 0 Å². The second-order valence-corrected chi connectivity index (χ2v) is 3.74. The van der Waals surface area contributed by atoms with E-state index in [0.29, 0.717) is 15.8 Å². The van der Waals surface area contributed by atoms with Gasteiger partial charge in [-0.25, -0.2) is 0 Å². The number of fused-ring (bicyclic) bond motifs is 1. The van der Waals surface area contributed by atoms with Gasteiger partial charge >= 0.3 is 0 Å². The van der Waals surface area contributed by atoms with E-state index in [-0.39, 0.29) is 12.4 Å². The summed E-state index contributed by atoms with van der Waals surface area (Å²) in [6.45, 7) is 0.0187. The first-order valence-electron chi connectivity index (χ1n) is 3.99. The Kier molecular flexibility index (Phi) is 2.48. The number of carbonyl (C=O) groups excluding carboxylic acids is 1. The van der Waals surface area contributed by atoms with E-state index in [0.717, 1.165) is 5.56 Å². The van der Waals surface area contributed by atoms with Crippen LogP contribution in [-0.2, 0) is 4.79 Å². The van der Waals surface area contributed by atoms with Gasteiger partial charge in [0.2, 0.25) is 0 Å². The maximum absolute atomic E-state index is 11.1. The molecule has 0 N–H and O–H groups in total. The molecular weight excluding hydrogens is 223 g/mol. The molecule has 0 amide bonds. The molecule has 2 nitrogen and oxygen atoms in total. The molecule has 1 aliphatic rings. The SMILES string of the molecule is O=C1C=Cc2cc(Cl)cc(Cl)c2OC1. The summed E-state index contributed by atoms with van der Waals surface area (Å²) in [6.07, 6.45) is 3.11. The van der Waals surface area contributed by atoms with Crippen molar-refractivity contribution in [1.82, 2.24) is 0 Å². The summed E-state index contributed by atoms with van der Waals surface area (Å²) in [7, 11) is 0. The van der Waals surface area contributed by atoms with Crippen molar-refractivity contribution in [2.75, 3.05) is 6.61 Å². The quantitative estimate of drug-likeness (QED) is 0.683. The molecule has 0 fully saturated rings. The van der Waals surface area contributed by atoms with Crippen LogP contribution < -0.4 is 4.74 Å². The van der Waals surface area contributed by atoms with E-state index in [9.17, 15) is 4.79 Å². The zero-order chi connectivity index (χ0) is 10.1. The molecule has 0 aromatic heterocycles. The van der Waals surface area contributed by atoms with E-state index in [2.05, 4.69) is 0 Å². The second-order valence-electron chi connectivity index (χ2n) is 2.89. The number of hydrogen-bond acceptors (Lipinski definition) is 2. The van der Waals surface area contributed by atoms with Crippen LogP contribution in [0.2, 0.25) is 10.0 Å². The van der Waals surface area contributed by atoms with E-state index >= 15 is 0 Å². The molecule has 2 rings (SSSR count). The predicted molar refractivity (Wildman–Crippen MR) is 56.0 cm³/mol. The van der Waals surface area contributed by atoms with E-state index in [4.69, 9.17) is 27.9 Å². The molecule has 0 saturated carbocycles. The molecule has 1 aromatic rings. The van der Waals surface area contributed by atoms with Gasteiger partial charge in [-0.3, -0.25) is 4.79 Å². The number of benzene rings is 1. The first kappa shape index (κ1) is 9.56. The van der Waals surface area contributed by atoms with Crippen LogP contribution in [0, 0.1) is 0 Å². The zero-order valence-corrected chi connectivity index (χ0v) is 8.60. The highest BCUT2D eigenvalue weighted by atomic mass is 35.5. The van der Waals surface area contributed by atoms with Gasteiger partial charge < -0.3 is 4.74 Å². The number of halogens is 2. The summed E-state index contributed by atoms with van der Waals surface area (Å²) >= 11 is 11.7. The lowest BCUT2D eigenvalue weighted by Gasteiger charge is -2.07. The lowest BCUT2D eigenvalue weighted by molar-refractivity contribution is -0.116. The largest absolute Gasteiger partial charge is 0.483 e. The average Bonchev–Trinajstić information content (AvgIpc) is 2.28. The Hall–Kier alpha value is -0.990. The van der Waals surface area contributed by atoms with Crippen molar-refractivity contribution in [1.29, 1.82) is 0 Å². The number of rotatable bonds is 0. The Morgan fingerprint density at radius 2 is 2.00 bits per heavy atom. The zero-order valence-electron chi connectivity index (χ0n) is 7.09. The summed E-state index contributed by atoms with van der Waals surface area (Å²) < 4.78 is 5.24. The predicted octanol–water partition coefficient (Wildman–Crippen LogP) is 2.97. The molecular formula is C10H6Cl2O2. The van der Waals surface area contributed by atoms with Crippen LogP contribution in [0.3, 0.4) is 0 Å². The fourth-order valence-electron chi connectivity index (χ4n) is 1.23. The summed E-state index contributed by atoms with van der Waals surface area (Å²) in [5, 5.41) is 0.947. The van der Waals surface area contributed by atoms with Gasteiger partial charge in [-0.05, 0) is 24.3 Å². The highest BCUT2D eigenvalue weighted by Crippen LogP contribution is 2.34. The van der Waals surface area contributed by atoms with Gasteiger partial charge in [0, 0.05) is 10.6 Å². The molecule has 14 heavy (non-hydrogen) atoms. The Morgan fingerprint density at radius 1 is 1.21 bits per heavy atom. The Balaban J connectivity index is 2.56. The van der Waals surface area contributed by atoms with Crippen molar-refractivity contribution in [2.45, 2.75) is 0 Å². The minimum Gasteiger partial charge on any atom is -0.483 e. The third-order valence-electron chi connectivity index (χ3n) is 1.84. The lowest BCUT2D eigenvalue weighted by Crippen LogP contribution is -2.06. The topological polar surface area (TPSA) is 26.3 Å². The van der Waals surface area contributed by atoms with Crippen molar-refractivity contribution in [3.05, 3.63) is 33.8 Å². The summed E-state index contributed by atoms with van der Waals surface area (Å²) in [4.78, 5) is 11.1. The third-order valence-corrected chi connectivity index (χ3v) is 2.34. The van der Waals surface area contributed by atoms with Crippen LogP contribution in [0.1, 0.15) is 5.56 Å². The van der Waals surface area contributed by atoms with Gasteiger partial charge in [0.25, 0.3) is 0 Å². The summed E-state index contributed by atoms with van der Waals surface area (Å²) in [5.74, 6) is 0.423. The molecule has 0 atom stereocenters. The molecule has 72 valence electrons. The molecule has 1 aliphatic heterocycles. The second kappa shape index (κ2) is 3.64. The minimum absolute atomic E-state index is 0.0187.